The lowest BCUT2D eigenvalue weighted by molar-refractivity contribution is 0.130. The van der Waals surface area contributed by atoms with Gasteiger partial charge in [0.2, 0.25) is 0 Å². The van der Waals surface area contributed by atoms with Crippen molar-refractivity contribution in [1.29, 1.82) is 0 Å². The number of nitrogens with zero attached hydrogens (tertiary/aromatic N) is 1. The van der Waals surface area contributed by atoms with Crippen molar-refractivity contribution in [3.05, 3.63) is 23.8 Å². The van der Waals surface area contributed by atoms with Crippen LogP contribution in [-0.4, -0.2) is 53.0 Å². The third-order valence-corrected chi connectivity index (χ3v) is 3.84. The maximum absolute atomic E-state index is 5.61. The molecule has 0 saturated carbocycles. The second kappa shape index (κ2) is 15.8. The molecule has 27 heavy (non-hydrogen) atoms. The third kappa shape index (κ3) is 11.3. The van der Waals surface area contributed by atoms with Crippen LogP contribution >= 0.6 is 24.0 Å². The van der Waals surface area contributed by atoms with Crippen LogP contribution in [0.5, 0.6) is 11.5 Å². The summed E-state index contributed by atoms with van der Waals surface area (Å²) in [4.78, 5) is 4.55. The lowest BCUT2D eigenvalue weighted by Gasteiger charge is -2.13. The molecule has 1 rings (SSSR count). The van der Waals surface area contributed by atoms with E-state index in [0.717, 1.165) is 50.0 Å². The average molecular weight is 493 g/mol. The van der Waals surface area contributed by atoms with Crippen LogP contribution in [0.1, 0.15) is 32.8 Å². The van der Waals surface area contributed by atoms with E-state index < -0.39 is 0 Å². The molecule has 0 spiro atoms. The topological polar surface area (TPSA) is 64.1 Å². The van der Waals surface area contributed by atoms with Gasteiger partial charge >= 0.3 is 0 Å². The summed E-state index contributed by atoms with van der Waals surface area (Å²) in [7, 11) is 3.30. The largest absolute Gasteiger partial charge is 0.493 e. The Morgan fingerprint density at radius 1 is 1.07 bits per heavy atom. The summed E-state index contributed by atoms with van der Waals surface area (Å²) < 4.78 is 16.2. The molecule has 0 atom stereocenters. The van der Waals surface area contributed by atoms with Crippen molar-refractivity contribution >= 4 is 29.9 Å². The number of ether oxygens (including phenoxy) is 3. The van der Waals surface area contributed by atoms with Gasteiger partial charge in [0, 0.05) is 19.7 Å². The molecule has 0 aliphatic rings. The van der Waals surface area contributed by atoms with Crippen LogP contribution in [0.25, 0.3) is 0 Å². The molecule has 1 aromatic rings. The van der Waals surface area contributed by atoms with Crippen molar-refractivity contribution in [2.24, 2.45) is 10.9 Å². The molecule has 0 heterocycles. The molecule has 0 unspecified atom stereocenters. The minimum absolute atomic E-state index is 0. The molecule has 2 N–H and O–H groups in total. The third-order valence-electron chi connectivity index (χ3n) is 3.84. The zero-order valence-corrected chi connectivity index (χ0v) is 19.7. The molecular weight excluding hydrogens is 457 g/mol. The van der Waals surface area contributed by atoms with Crippen LogP contribution < -0.4 is 20.1 Å². The van der Waals surface area contributed by atoms with Gasteiger partial charge in [-0.15, -0.1) is 24.0 Å². The number of guanidine groups is 1. The van der Waals surface area contributed by atoms with Crippen LogP contribution in [0.3, 0.4) is 0 Å². The van der Waals surface area contributed by atoms with Crippen LogP contribution in [0.15, 0.2) is 23.2 Å². The summed E-state index contributed by atoms with van der Waals surface area (Å²) in [6.07, 6.45) is 1.96. The number of rotatable bonds is 12. The van der Waals surface area contributed by atoms with E-state index in [2.05, 4.69) is 42.5 Å². The standard InChI is InChI=1S/C20H35N3O3.HI/c1-6-21-20(23-12-14-26-13-10-16(2)3)22-11-9-17-7-8-18(24-4)19(15-17)25-5;/h7-8,15-16H,6,9-14H2,1-5H3,(H2,21,22,23);1H. The molecule has 0 saturated heterocycles. The summed E-state index contributed by atoms with van der Waals surface area (Å²) in [5.74, 6) is 3.00. The lowest BCUT2D eigenvalue weighted by atomic mass is 10.1. The summed E-state index contributed by atoms with van der Waals surface area (Å²) in [5.41, 5.74) is 1.18. The Kier molecular flexibility index (Phi) is 15.1. The Morgan fingerprint density at radius 2 is 1.81 bits per heavy atom. The molecule has 0 aliphatic heterocycles. The van der Waals surface area contributed by atoms with Gasteiger partial charge in [0.25, 0.3) is 0 Å². The van der Waals surface area contributed by atoms with Crippen molar-refractivity contribution in [3.8, 4) is 11.5 Å². The minimum Gasteiger partial charge on any atom is -0.493 e. The predicted octanol–water partition coefficient (Wildman–Crippen LogP) is 3.48. The van der Waals surface area contributed by atoms with Gasteiger partial charge in [-0.2, -0.15) is 0 Å². The number of aliphatic imine (C=N–C) groups is 1. The summed E-state index contributed by atoms with van der Waals surface area (Å²) in [5, 5.41) is 6.61. The van der Waals surface area contributed by atoms with Crippen LogP contribution in [0.4, 0.5) is 0 Å². The quantitative estimate of drug-likeness (QED) is 0.202. The Balaban J connectivity index is 0.00000676. The Labute approximate surface area is 181 Å². The highest BCUT2D eigenvalue weighted by atomic mass is 127. The number of nitrogens with one attached hydrogen (secondary N) is 2. The summed E-state index contributed by atoms with van der Waals surface area (Å²) in [6.45, 7) is 10.2. The van der Waals surface area contributed by atoms with Gasteiger partial charge in [0.1, 0.15) is 0 Å². The van der Waals surface area contributed by atoms with Crippen LogP contribution in [0.2, 0.25) is 0 Å². The van der Waals surface area contributed by atoms with E-state index in [1.807, 2.05) is 12.1 Å². The number of hydrogen-bond acceptors (Lipinski definition) is 4. The molecule has 0 fully saturated rings. The maximum Gasteiger partial charge on any atom is 0.191 e. The van der Waals surface area contributed by atoms with E-state index in [9.17, 15) is 0 Å². The number of benzene rings is 1. The highest BCUT2D eigenvalue weighted by Gasteiger charge is 2.05. The zero-order chi connectivity index (χ0) is 19.2. The van der Waals surface area contributed by atoms with Gasteiger partial charge in [-0.1, -0.05) is 19.9 Å². The maximum atomic E-state index is 5.61. The highest BCUT2D eigenvalue weighted by Crippen LogP contribution is 2.27. The Bertz CT molecular complexity index is 539. The summed E-state index contributed by atoms with van der Waals surface area (Å²) in [6, 6.07) is 5.99. The van der Waals surface area contributed by atoms with Gasteiger partial charge in [-0.05, 0) is 43.4 Å². The van der Waals surface area contributed by atoms with Gasteiger partial charge in [-0.25, -0.2) is 0 Å². The number of halogens is 1. The number of hydrogen-bond donors (Lipinski definition) is 2. The fraction of sp³-hybridized carbons (Fsp3) is 0.650. The van der Waals surface area contributed by atoms with Crippen LogP contribution in [0, 0.1) is 5.92 Å². The molecule has 0 aliphatic carbocycles. The second-order valence-electron chi connectivity index (χ2n) is 6.42. The van der Waals surface area contributed by atoms with E-state index >= 15 is 0 Å². The lowest BCUT2D eigenvalue weighted by Crippen LogP contribution is -2.38. The molecule has 1 aromatic carbocycles. The van der Waals surface area contributed by atoms with Crippen molar-refractivity contribution in [2.75, 3.05) is 47.1 Å². The fourth-order valence-electron chi connectivity index (χ4n) is 2.35. The average Bonchev–Trinajstić information content (AvgIpc) is 2.64. The van der Waals surface area contributed by atoms with E-state index in [-0.39, 0.29) is 24.0 Å². The molecule has 6 nitrogen and oxygen atoms in total. The predicted molar refractivity (Wildman–Crippen MR) is 123 cm³/mol. The van der Waals surface area contributed by atoms with E-state index in [1.165, 1.54) is 5.56 Å². The van der Waals surface area contributed by atoms with Crippen LogP contribution in [-0.2, 0) is 11.2 Å². The summed E-state index contributed by atoms with van der Waals surface area (Å²) >= 11 is 0. The zero-order valence-electron chi connectivity index (χ0n) is 17.3. The molecule has 0 amide bonds. The minimum atomic E-state index is 0. The van der Waals surface area contributed by atoms with E-state index in [1.54, 1.807) is 14.2 Å². The normalized spacial score (nSPS) is 11.1. The van der Waals surface area contributed by atoms with E-state index in [4.69, 9.17) is 14.2 Å². The fourth-order valence-corrected chi connectivity index (χ4v) is 2.35. The SMILES string of the molecule is CCNC(=NCCOCCC(C)C)NCCc1ccc(OC)c(OC)c1.I. The molecule has 0 bridgehead atoms. The van der Waals surface area contributed by atoms with Crippen molar-refractivity contribution in [1.82, 2.24) is 10.6 Å². The van der Waals surface area contributed by atoms with Gasteiger partial charge < -0.3 is 24.8 Å². The molecular formula is C20H36IN3O3. The van der Waals surface area contributed by atoms with Crippen molar-refractivity contribution in [3.63, 3.8) is 0 Å². The Hall–Kier alpha value is -1.22. The first-order valence-electron chi connectivity index (χ1n) is 9.41. The Morgan fingerprint density at radius 3 is 2.44 bits per heavy atom. The monoisotopic (exact) mass is 493 g/mol. The van der Waals surface area contributed by atoms with Gasteiger partial charge in [0.15, 0.2) is 17.5 Å². The van der Waals surface area contributed by atoms with E-state index in [0.29, 0.717) is 19.1 Å². The molecule has 0 radical (unpaired) electrons. The first-order chi connectivity index (χ1) is 12.6. The first kappa shape index (κ1) is 25.8. The molecule has 7 heteroatoms. The number of methoxy groups -OCH3 is 2. The molecule has 0 aromatic heterocycles. The highest BCUT2D eigenvalue weighted by molar-refractivity contribution is 14.0. The molecule has 156 valence electrons. The smallest absolute Gasteiger partial charge is 0.191 e. The van der Waals surface area contributed by atoms with Crippen molar-refractivity contribution in [2.45, 2.75) is 33.6 Å². The first-order valence-corrected chi connectivity index (χ1v) is 9.41. The van der Waals surface area contributed by atoms with Gasteiger partial charge in [-0.3, -0.25) is 4.99 Å². The second-order valence-corrected chi connectivity index (χ2v) is 6.42. The van der Waals surface area contributed by atoms with Crippen molar-refractivity contribution < 1.29 is 14.2 Å². The van der Waals surface area contributed by atoms with Gasteiger partial charge in [0.05, 0.1) is 27.4 Å².